The Balaban J connectivity index is 3.17. The van der Waals surface area contributed by atoms with Crippen molar-refractivity contribution in [1.29, 1.82) is 0 Å². The van der Waals surface area contributed by atoms with Gasteiger partial charge in [-0.2, -0.15) is 0 Å². The molecule has 0 spiro atoms. The molecule has 2 unspecified atom stereocenters. The van der Waals surface area contributed by atoms with Crippen LogP contribution in [0.25, 0.3) is 0 Å². The number of halogens is 2. The van der Waals surface area contributed by atoms with Crippen molar-refractivity contribution in [3.63, 3.8) is 0 Å². The van der Waals surface area contributed by atoms with Gasteiger partial charge in [-0.25, -0.2) is 17.9 Å². The lowest BCUT2D eigenvalue weighted by Crippen LogP contribution is -2.32. The summed E-state index contributed by atoms with van der Waals surface area (Å²) in [6, 6.07) is 1.95. The molecule has 0 fully saturated rings. The summed E-state index contributed by atoms with van der Waals surface area (Å²) in [5, 5.41) is 8.21. The van der Waals surface area contributed by atoms with Crippen molar-refractivity contribution in [3.8, 4) is 0 Å². The molecule has 2 atom stereocenters. The van der Waals surface area contributed by atoms with Gasteiger partial charge in [0.05, 0.1) is 15.6 Å². The van der Waals surface area contributed by atoms with Gasteiger partial charge in [-0.3, -0.25) is 4.21 Å². The van der Waals surface area contributed by atoms with Crippen molar-refractivity contribution >= 4 is 50.0 Å². The van der Waals surface area contributed by atoms with E-state index in [1.54, 1.807) is 6.92 Å². The van der Waals surface area contributed by atoms with E-state index in [1.807, 2.05) is 0 Å². The minimum atomic E-state index is -4.03. The molecule has 10 heteroatoms. The Morgan fingerprint density at radius 2 is 1.95 bits per heavy atom. The van der Waals surface area contributed by atoms with Gasteiger partial charge in [0.25, 0.3) is 0 Å². The molecular weight excluding hydrogens is 361 g/mol. The molecule has 0 aliphatic heterocycles. The topological polar surface area (TPSA) is 101 Å². The van der Waals surface area contributed by atoms with Gasteiger partial charge in [0.15, 0.2) is 0 Å². The molecule has 0 aliphatic carbocycles. The van der Waals surface area contributed by atoms with Crippen LogP contribution in [0.4, 0.5) is 0 Å². The third-order valence-corrected chi connectivity index (χ3v) is 6.17. The first-order valence-electron chi connectivity index (χ1n) is 5.60. The van der Waals surface area contributed by atoms with Gasteiger partial charge in [-0.15, -0.1) is 0 Å². The van der Waals surface area contributed by atoms with Crippen LogP contribution in [-0.4, -0.2) is 41.8 Å². The Hall–Kier alpha value is -0.670. The van der Waals surface area contributed by atoms with E-state index in [0.717, 1.165) is 12.1 Å². The number of benzene rings is 1. The molecule has 118 valence electrons. The van der Waals surface area contributed by atoms with E-state index < -0.39 is 32.0 Å². The minimum Gasteiger partial charge on any atom is -0.478 e. The lowest BCUT2D eigenvalue weighted by molar-refractivity contribution is 0.0697. The predicted octanol–water partition coefficient (Wildman–Crippen LogP) is 1.74. The average molecular weight is 374 g/mol. The van der Waals surface area contributed by atoms with E-state index in [4.69, 9.17) is 28.3 Å². The Morgan fingerprint density at radius 3 is 2.43 bits per heavy atom. The first kappa shape index (κ1) is 18.4. The van der Waals surface area contributed by atoms with Crippen LogP contribution in [0.15, 0.2) is 17.0 Å². The molecule has 0 radical (unpaired) electrons. The number of sulfonamides is 1. The fraction of sp³-hybridized carbons (Fsp3) is 0.364. The Morgan fingerprint density at radius 1 is 1.38 bits per heavy atom. The molecule has 1 aromatic rings. The number of carboxylic acid groups (broad SMARTS) is 1. The van der Waals surface area contributed by atoms with Crippen LogP contribution in [-0.2, 0) is 20.8 Å². The van der Waals surface area contributed by atoms with E-state index in [0.29, 0.717) is 0 Å². The van der Waals surface area contributed by atoms with Crippen molar-refractivity contribution in [2.24, 2.45) is 0 Å². The Kier molecular flexibility index (Phi) is 6.18. The fourth-order valence-corrected chi connectivity index (χ4v) is 3.73. The van der Waals surface area contributed by atoms with E-state index in [-0.39, 0.29) is 27.0 Å². The summed E-state index contributed by atoms with van der Waals surface area (Å²) in [4.78, 5) is 10.6. The van der Waals surface area contributed by atoms with Gasteiger partial charge >= 0.3 is 5.97 Å². The van der Waals surface area contributed by atoms with E-state index in [2.05, 4.69) is 4.72 Å². The van der Waals surface area contributed by atoms with Crippen molar-refractivity contribution in [3.05, 3.63) is 27.7 Å². The van der Waals surface area contributed by atoms with Crippen LogP contribution >= 0.6 is 23.2 Å². The Labute approximate surface area is 135 Å². The number of rotatable bonds is 6. The standard InChI is InChI=1S/C11H13Cl2NO5S2/c1-6(20(2)17)5-14-21(18,19)10-3-7(11(15)16)8(12)4-9(10)13/h3-4,6,14H,5H2,1-2H3,(H,15,16). The van der Waals surface area contributed by atoms with Crippen molar-refractivity contribution in [1.82, 2.24) is 4.72 Å². The highest BCUT2D eigenvalue weighted by molar-refractivity contribution is 7.89. The molecule has 0 heterocycles. The Bertz CT molecular complexity index is 690. The summed E-state index contributed by atoms with van der Waals surface area (Å²) >= 11 is 11.5. The van der Waals surface area contributed by atoms with E-state index in [9.17, 15) is 17.4 Å². The first-order valence-corrected chi connectivity index (χ1v) is 9.46. The van der Waals surface area contributed by atoms with Gasteiger partial charge in [-0.05, 0) is 19.1 Å². The van der Waals surface area contributed by atoms with Crippen LogP contribution < -0.4 is 4.72 Å². The van der Waals surface area contributed by atoms with Crippen LogP contribution in [0.2, 0.25) is 10.0 Å². The third-order valence-electron chi connectivity index (χ3n) is 2.67. The molecule has 0 bridgehead atoms. The lowest BCUT2D eigenvalue weighted by Gasteiger charge is -2.12. The van der Waals surface area contributed by atoms with Crippen LogP contribution in [0.3, 0.4) is 0 Å². The summed E-state index contributed by atoms with van der Waals surface area (Å²) in [5.41, 5.74) is -0.367. The molecular formula is C11H13Cl2NO5S2. The van der Waals surface area contributed by atoms with Gasteiger partial charge < -0.3 is 5.11 Å². The normalized spacial score (nSPS) is 14.7. The number of nitrogens with one attached hydrogen (secondary N) is 1. The number of hydrogen-bond donors (Lipinski definition) is 2. The van der Waals surface area contributed by atoms with E-state index >= 15 is 0 Å². The molecule has 6 nitrogen and oxygen atoms in total. The molecule has 0 aliphatic rings. The van der Waals surface area contributed by atoms with Crippen LogP contribution in [0.1, 0.15) is 17.3 Å². The minimum absolute atomic E-state index is 0.0627. The molecule has 0 aromatic heterocycles. The van der Waals surface area contributed by atoms with Crippen LogP contribution in [0.5, 0.6) is 0 Å². The molecule has 1 rings (SSSR count). The van der Waals surface area contributed by atoms with Gasteiger partial charge in [0.1, 0.15) is 4.90 Å². The van der Waals surface area contributed by atoms with Gasteiger partial charge in [0, 0.05) is 28.9 Å². The summed E-state index contributed by atoms with van der Waals surface area (Å²) in [6.07, 6.45) is 1.46. The zero-order valence-electron chi connectivity index (χ0n) is 11.1. The summed E-state index contributed by atoms with van der Waals surface area (Å²) < 4.78 is 37.7. The second-order valence-electron chi connectivity index (χ2n) is 4.23. The summed E-state index contributed by atoms with van der Waals surface area (Å²) in [6.45, 7) is 1.55. The van der Waals surface area contributed by atoms with Crippen molar-refractivity contribution < 1.29 is 22.5 Å². The maximum absolute atomic E-state index is 12.1. The van der Waals surface area contributed by atoms with Crippen LogP contribution in [0, 0.1) is 0 Å². The maximum Gasteiger partial charge on any atom is 0.337 e. The average Bonchev–Trinajstić information content (AvgIpc) is 2.34. The molecule has 0 saturated carbocycles. The SMILES string of the molecule is CC(CNS(=O)(=O)c1cc(C(=O)O)c(Cl)cc1Cl)S(C)=O. The highest BCUT2D eigenvalue weighted by Crippen LogP contribution is 2.28. The fourth-order valence-electron chi connectivity index (χ4n) is 1.32. The number of carbonyl (C=O) groups is 1. The van der Waals surface area contributed by atoms with Crippen molar-refractivity contribution in [2.45, 2.75) is 17.1 Å². The highest BCUT2D eigenvalue weighted by atomic mass is 35.5. The van der Waals surface area contributed by atoms with Gasteiger partial charge in [0.2, 0.25) is 10.0 Å². The second-order valence-corrected chi connectivity index (χ2v) is 8.58. The number of aromatic carboxylic acids is 1. The second kappa shape index (κ2) is 7.06. The molecule has 0 amide bonds. The quantitative estimate of drug-likeness (QED) is 0.790. The zero-order valence-corrected chi connectivity index (χ0v) is 14.2. The van der Waals surface area contributed by atoms with Gasteiger partial charge in [-0.1, -0.05) is 23.2 Å². The molecule has 1 aromatic carbocycles. The maximum atomic E-state index is 12.1. The highest BCUT2D eigenvalue weighted by Gasteiger charge is 2.23. The molecule has 21 heavy (non-hydrogen) atoms. The van der Waals surface area contributed by atoms with E-state index in [1.165, 1.54) is 6.26 Å². The van der Waals surface area contributed by atoms with Crippen molar-refractivity contribution in [2.75, 3.05) is 12.8 Å². The molecule has 2 N–H and O–H groups in total. The third kappa shape index (κ3) is 4.65. The first-order chi connectivity index (χ1) is 9.56. The summed E-state index contributed by atoms with van der Waals surface area (Å²) in [7, 11) is -5.23. The zero-order chi connectivity index (χ0) is 16.4. The lowest BCUT2D eigenvalue weighted by atomic mass is 10.2. The smallest absolute Gasteiger partial charge is 0.337 e. The predicted molar refractivity (Wildman–Crippen MR) is 82.1 cm³/mol. The largest absolute Gasteiger partial charge is 0.478 e. The molecule has 0 saturated heterocycles. The summed E-state index contributed by atoms with van der Waals surface area (Å²) in [5.74, 6) is -1.36. The number of carboxylic acids is 1. The number of hydrogen-bond acceptors (Lipinski definition) is 4. The monoisotopic (exact) mass is 373 g/mol.